The van der Waals surface area contributed by atoms with Gasteiger partial charge in [0.2, 0.25) is 0 Å². The van der Waals surface area contributed by atoms with Crippen molar-refractivity contribution in [1.29, 1.82) is 0 Å². The lowest BCUT2D eigenvalue weighted by Crippen LogP contribution is -2.11. The average Bonchev–Trinajstić information content (AvgIpc) is 2.41. The highest BCUT2D eigenvalue weighted by molar-refractivity contribution is 5.56. The molecule has 2 nitrogen and oxygen atoms in total. The van der Waals surface area contributed by atoms with Gasteiger partial charge in [0.1, 0.15) is 5.75 Å². The van der Waals surface area contributed by atoms with E-state index in [0.29, 0.717) is 5.75 Å². The topological polar surface area (TPSA) is 32.3 Å². The molecule has 0 bridgehead atoms. The zero-order valence-electron chi connectivity index (χ0n) is 13.6. The third kappa shape index (κ3) is 3.78. The predicted molar refractivity (Wildman–Crippen MR) is 90.0 cm³/mol. The first-order valence-corrected chi connectivity index (χ1v) is 7.41. The van der Waals surface area contributed by atoms with Gasteiger partial charge in [-0.1, -0.05) is 45.0 Å². The molecule has 2 aromatic carbocycles. The molecule has 2 N–H and O–H groups in total. The molecule has 0 aliphatic heterocycles. The first-order chi connectivity index (χ1) is 9.77. The molecule has 21 heavy (non-hydrogen) atoms. The van der Waals surface area contributed by atoms with Crippen LogP contribution in [0.15, 0.2) is 36.4 Å². The van der Waals surface area contributed by atoms with Crippen LogP contribution in [0.1, 0.15) is 43.0 Å². The fourth-order valence-electron chi connectivity index (χ4n) is 2.31. The van der Waals surface area contributed by atoms with Crippen LogP contribution in [-0.4, -0.2) is 5.11 Å². The largest absolute Gasteiger partial charge is 0.508 e. The molecule has 0 saturated heterocycles. The summed E-state index contributed by atoms with van der Waals surface area (Å²) in [5, 5.41) is 13.1. The van der Waals surface area contributed by atoms with Crippen LogP contribution in [0.5, 0.6) is 5.75 Å². The van der Waals surface area contributed by atoms with E-state index in [1.807, 2.05) is 19.9 Å². The molecule has 0 unspecified atom stereocenters. The SMILES string of the molecule is Cc1cc(NCc2ccc(C(C)(C)C)cc2)c(C)cc1O. The minimum Gasteiger partial charge on any atom is -0.508 e. The maximum atomic E-state index is 9.69. The van der Waals surface area contributed by atoms with Gasteiger partial charge in [0.05, 0.1) is 0 Å². The minimum atomic E-state index is 0.191. The Morgan fingerprint density at radius 1 is 0.952 bits per heavy atom. The molecule has 0 fully saturated rings. The maximum absolute atomic E-state index is 9.69. The summed E-state index contributed by atoms with van der Waals surface area (Å²) in [7, 11) is 0. The van der Waals surface area contributed by atoms with Crippen LogP contribution in [0.4, 0.5) is 5.69 Å². The highest BCUT2D eigenvalue weighted by Gasteiger charge is 2.12. The Kier molecular flexibility index (Phi) is 4.26. The Morgan fingerprint density at radius 2 is 1.57 bits per heavy atom. The summed E-state index contributed by atoms with van der Waals surface area (Å²) in [6.07, 6.45) is 0. The second kappa shape index (κ2) is 5.80. The summed E-state index contributed by atoms with van der Waals surface area (Å²) in [5.74, 6) is 0.354. The van der Waals surface area contributed by atoms with Gasteiger partial charge < -0.3 is 10.4 Å². The Hall–Kier alpha value is -1.96. The van der Waals surface area contributed by atoms with E-state index >= 15 is 0 Å². The Balaban J connectivity index is 2.08. The van der Waals surface area contributed by atoms with Crippen LogP contribution < -0.4 is 5.32 Å². The molecule has 0 aromatic heterocycles. The van der Waals surface area contributed by atoms with Crippen LogP contribution in [0.3, 0.4) is 0 Å². The van der Waals surface area contributed by atoms with E-state index in [2.05, 4.69) is 50.4 Å². The standard InChI is InChI=1S/C19H25NO/c1-13-11-18(21)14(2)10-17(13)20-12-15-6-8-16(9-7-15)19(3,4)5/h6-11,20-21H,12H2,1-5H3. The molecule has 0 atom stereocenters. The van der Waals surface area contributed by atoms with E-state index in [4.69, 9.17) is 0 Å². The van der Waals surface area contributed by atoms with Crippen molar-refractivity contribution < 1.29 is 5.11 Å². The lowest BCUT2D eigenvalue weighted by Gasteiger charge is -2.19. The summed E-state index contributed by atoms with van der Waals surface area (Å²) in [4.78, 5) is 0. The van der Waals surface area contributed by atoms with Crippen molar-refractivity contribution in [2.75, 3.05) is 5.32 Å². The van der Waals surface area contributed by atoms with Gasteiger partial charge in [0.15, 0.2) is 0 Å². The number of benzene rings is 2. The van der Waals surface area contributed by atoms with E-state index in [9.17, 15) is 5.11 Å². The molecule has 2 rings (SSSR count). The Morgan fingerprint density at radius 3 is 2.14 bits per heavy atom. The number of rotatable bonds is 3. The zero-order valence-corrected chi connectivity index (χ0v) is 13.6. The smallest absolute Gasteiger partial charge is 0.118 e. The number of hydrogen-bond donors (Lipinski definition) is 2. The van der Waals surface area contributed by atoms with Gasteiger partial charge in [-0.2, -0.15) is 0 Å². The summed E-state index contributed by atoms with van der Waals surface area (Å²) < 4.78 is 0. The quantitative estimate of drug-likeness (QED) is 0.784. The normalized spacial score (nSPS) is 11.5. The Bertz CT molecular complexity index is 621. The average molecular weight is 283 g/mol. The van der Waals surface area contributed by atoms with Gasteiger partial charge in [-0.3, -0.25) is 0 Å². The number of hydrogen-bond acceptors (Lipinski definition) is 2. The lowest BCUT2D eigenvalue weighted by atomic mass is 9.87. The second-order valence-electron chi connectivity index (χ2n) is 6.75. The van der Waals surface area contributed by atoms with Crippen molar-refractivity contribution >= 4 is 5.69 Å². The Labute approximate surface area is 127 Å². The van der Waals surface area contributed by atoms with E-state index in [0.717, 1.165) is 23.4 Å². The van der Waals surface area contributed by atoms with E-state index in [-0.39, 0.29) is 5.41 Å². The van der Waals surface area contributed by atoms with Gasteiger partial charge in [-0.05, 0) is 53.6 Å². The number of aryl methyl sites for hydroxylation is 2. The molecule has 0 radical (unpaired) electrons. The molecule has 112 valence electrons. The maximum Gasteiger partial charge on any atom is 0.118 e. The molecule has 0 spiro atoms. The number of phenols is 1. The van der Waals surface area contributed by atoms with Crippen LogP contribution in [0, 0.1) is 13.8 Å². The highest BCUT2D eigenvalue weighted by Crippen LogP contribution is 2.26. The van der Waals surface area contributed by atoms with Crippen molar-refractivity contribution in [1.82, 2.24) is 0 Å². The second-order valence-corrected chi connectivity index (χ2v) is 6.75. The number of nitrogens with one attached hydrogen (secondary N) is 1. The van der Waals surface area contributed by atoms with Crippen molar-refractivity contribution in [3.05, 3.63) is 58.7 Å². The van der Waals surface area contributed by atoms with Gasteiger partial charge in [-0.15, -0.1) is 0 Å². The van der Waals surface area contributed by atoms with Gasteiger partial charge in [0, 0.05) is 12.2 Å². The zero-order chi connectivity index (χ0) is 15.6. The van der Waals surface area contributed by atoms with Gasteiger partial charge in [0.25, 0.3) is 0 Å². The third-order valence-electron chi connectivity index (χ3n) is 3.85. The van der Waals surface area contributed by atoms with Gasteiger partial charge in [-0.25, -0.2) is 0 Å². The predicted octanol–water partition coefficient (Wildman–Crippen LogP) is 4.92. The summed E-state index contributed by atoms with van der Waals surface area (Å²) in [6.45, 7) is 11.4. The van der Waals surface area contributed by atoms with Crippen molar-refractivity contribution in [3.8, 4) is 5.75 Å². The first-order valence-electron chi connectivity index (χ1n) is 7.41. The van der Waals surface area contributed by atoms with Crippen LogP contribution in [0.25, 0.3) is 0 Å². The minimum absolute atomic E-state index is 0.191. The summed E-state index contributed by atoms with van der Waals surface area (Å²) >= 11 is 0. The van der Waals surface area contributed by atoms with Crippen LogP contribution in [-0.2, 0) is 12.0 Å². The fourth-order valence-corrected chi connectivity index (χ4v) is 2.31. The fraction of sp³-hybridized carbons (Fsp3) is 0.368. The number of aromatic hydroxyl groups is 1. The van der Waals surface area contributed by atoms with Crippen molar-refractivity contribution in [2.24, 2.45) is 0 Å². The van der Waals surface area contributed by atoms with E-state index in [1.165, 1.54) is 11.1 Å². The molecule has 2 aromatic rings. The van der Waals surface area contributed by atoms with Crippen LogP contribution >= 0.6 is 0 Å². The monoisotopic (exact) mass is 283 g/mol. The van der Waals surface area contributed by atoms with E-state index in [1.54, 1.807) is 6.07 Å². The first kappa shape index (κ1) is 15.4. The molecule has 0 aliphatic carbocycles. The molecule has 2 heteroatoms. The molecule has 0 saturated carbocycles. The number of phenolic OH excluding ortho intramolecular Hbond substituents is 1. The third-order valence-corrected chi connectivity index (χ3v) is 3.85. The van der Waals surface area contributed by atoms with E-state index < -0.39 is 0 Å². The molecule has 0 aliphatic rings. The van der Waals surface area contributed by atoms with Gasteiger partial charge >= 0.3 is 0 Å². The summed E-state index contributed by atoms with van der Waals surface area (Å²) in [5.41, 5.74) is 5.83. The lowest BCUT2D eigenvalue weighted by molar-refractivity contribution is 0.471. The van der Waals surface area contributed by atoms with Crippen LogP contribution in [0.2, 0.25) is 0 Å². The molecular formula is C19H25NO. The highest BCUT2D eigenvalue weighted by atomic mass is 16.3. The molecule has 0 heterocycles. The molecule has 0 amide bonds. The number of anilines is 1. The van der Waals surface area contributed by atoms with Crippen molar-refractivity contribution in [2.45, 2.75) is 46.6 Å². The van der Waals surface area contributed by atoms with Crippen molar-refractivity contribution in [3.63, 3.8) is 0 Å². The summed E-state index contributed by atoms with van der Waals surface area (Å²) in [6, 6.07) is 12.6. The molecular weight excluding hydrogens is 258 g/mol.